The van der Waals surface area contributed by atoms with Crippen LogP contribution in [0.1, 0.15) is 35.1 Å². The van der Waals surface area contributed by atoms with Crippen molar-refractivity contribution in [2.24, 2.45) is 4.99 Å². The molecule has 0 saturated carbocycles. The highest BCUT2D eigenvalue weighted by molar-refractivity contribution is 9.10. The van der Waals surface area contributed by atoms with Gasteiger partial charge in [-0.1, -0.05) is 56.1 Å². The lowest BCUT2D eigenvalue weighted by molar-refractivity contribution is -0.274. The van der Waals surface area contributed by atoms with Gasteiger partial charge in [0, 0.05) is 20.6 Å². The van der Waals surface area contributed by atoms with E-state index in [2.05, 4.69) is 41.6 Å². The molecule has 2 atom stereocenters. The molecule has 3 aromatic carbocycles. The zero-order valence-electron chi connectivity index (χ0n) is 16.1. The molecule has 1 aliphatic heterocycles. The first kappa shape index (κ1) is 22.9. The number of benzene rings is 3. The van der Waals surface area contributed by atoms with Crippen molar-refractivity contribution in [3.8, 4) is 5.75 Å². The van der Waals surface area contributed by atoms with Crippen molar-refractivity contribution in [1.29, 1.82) is 0 Å². The summed E-state index contributed by atoms with van der Waals surface area (Å²) in [6.07, 6.45) is -4.61. The van der Waals surface area contributed by atoms with E-state index >= 15 is 0 Å². The van der Waals surface area contributed by atoms with Crippen LogP contribution in [0.2, 0.25) is 0 Å². The summed E-state index contributed by atoms with van der Waals surface area (Å²) in [7, 11) is 0. The van der Waals surface area contributed by atoms with E-state index in [-0.39, 0.29) is 29.4 Å². The molecule has 1 aliphatic rings. The van der Waals surface area contributed by atoms with Gasteiger partial charge in [0.25, 0.3) is 0 Å². The van der Waals surface area contributed by atoms with Gasteiger partial charge < -0.3 is 4.74 Å². The molecule has 0 N–H and O–H groups in total. The minimum atomic E-state index is -4.81. The normalized spacial score (nSPS) is 18.5. The van der Waals surface area contributed by atoms with Gasteiger partial charge in [-0.3, -0.25) is 4.99 Å². The van der Waals surface area contributed by atoms with Crippen LogP contribution in [0.25, 0.3) is 0 Å². The lowest BCUT2D eigenvalue weighted by Gasteiger charge is -2.21. The Hall–Kier alpha value is -2.26. The highest BCUT2D eigenvalue weighted by Gasteiger charge is 2.36. The first-order chi connectivity index (χ1) is 15.1. The summed E-state index contributed by atoms with van der Waals surface area (Å²) in [6.45, 7) is 0. The third kappa shape index (κ3) is 4.88. The summed E-state index contributed by atoms with van der Waals surface area (Å²) in [5.74, 6) is -2.16. The van der Waals surface area contributed by atoms with Crippen LogP contribution in [0.5, 0.6) is 5.75 Å². The minimum absolute atomic E-state index is 0.190. The second kappa shape index (κ2) is 8.94. The maximum Gasteiger partial charge on any atom is 0.573 e. The quantitative estimate of drug-likeness (QED) is 0.288. The lowest BCUT2D eigenvalue weighted by Crippen LogP contribution is -2.17. The summed E-state index contributed by atoms with van der Waals surface area (Å²) >= 11 is 6.70. The molecule has 1 heterocycles. The molecule has 0 spiro atoms. The fraction of sp³-hybridized carbons (Fsp3) is 0.174. The van der Waals surface area contributed by atoms with E-state index < -0.39 is 24.0 Å². The van der Waals surface area contributed by atoms with E-state index in [1.54, 1.807) is 0 Å². The SMILES string of the molecule is Fc1cccc(F)c1C1=NC(c2ccc(Br)cc2)C(c2ccc(OC(F)(F)F)cc2Br)C1. The maximum atomic E-state index is 14.4. The smallest absolute Gasteiger partial charge is 0.406 e. The zero-order valence-corrected chi connectivity index (χ0v) is 19.3. The maximum absolute atomic E-state index is 14.4. The second-order valence-electron chi connectivity index (χ2n) is 7.21. The Balaban J connectivity index is 1.76. The van der Waals surface area contributed by atoms with Crippen LogP contribution < -0.4 is 4.74 Å². The molecule has 32 heavy (non-hydrogen) atoms. The largest absolute Gasteiger partial charge is 0.573 e. The van der Waals surface area contributed by atoms with Crippen molar-refractivity contribution in [1.82, 2.24) is 0 Å². The van der Waals surface area contributed by atoms with Crippen LogP contribution in [0, 0.1) is 11.6 Å². The summed E-state index contributed by atoms with van der Waals surface area (Å²) in [5, 5.41) is 0. The zero-order chi connectivity index (χ0) is 23.0. The van der Waals surface area contributed by atoms with Gasteiger partial charge in [0.15, 0.2) is 0 Å². The second-order valence-corrected chi connectivity index (χ2v) is 8.98. The van der Waals surface area contributed by atoms with Gasteiger partial charge in [-0.25, -0.2) is 8.78 Å². The first-order valence-electron chi connectivity index (χ1n) is 9.44. The molecule has 0 radical (unpaired) electrons. The van der Waals surface area contributed by atoms with Crippen LogP contribution in [-0.2, 0) is 0 Å². The predicted molar refractivity (Wildman–Crippen MR) is 118 cm³/mol. The van der Waals surface area contributed by atoms with Crippen LogP contribution in [0.3, 0.4) is 0 Å². The van der Waals surface area contributed by atoms with E-state index in [1.165, 1.54) is 36.4 Å². The van der Waals surface area contributed by atoms with Crippen molar-refractivity contribution in [2.75, 3.05) is 0 Å². The number of nitrogens with zero attached hydrogens (tertiary/aromatic N) is 1. The summed E-state index contributed by atoms with van der Waals surface area (Å²) in [4.78, 5) is 4.65. The molecule has 166 valence electrons. The van der Waals surface area contributed by atoms with Crippen LogP contribution >= 0.6 is 31.9 Å². The summed E-state index contributed by atoms with van der Waals surface area (Å²) < 4.78 is 71.8. The summed E-state index contributed by atoms with van der Waals surface area (Å²) in [6, 6.07) is 14.4. The van der Waals surface area contributed by atoms with E-state index in [0.29, 0.717) is 10.0 Å². The van der Waals surface area contributed by atoms with Crippen molar-refractivity contribution < 1.29 is 26.7 Å². The highest BCUT2D eigenvalue weighted by atomic mass is 79.9. The van der Waals surface area contributed by atoms with Gasteiger partial charge in [0.1, 0.15) is 17.4 Å². The number of ether oxygens (including phenoxy) is 1. The topological polar surface area (TPSA) is 21.6 Å². The molecule has 4 rings (SSSR count). The molecule has 0 aromatic heterocycles. The Bertz CT molecular complexity index is 1160. The first-order valence-corrected chi connectivity index (χ1v) is 11.0. The Morgan fingerprint density at radius 1 is 0.906 bits per heavy atom. The van der Waals surface area contributed by atoms with E-state index in [0.717, 1.165) is 10.0 Å². The van der Waals surface area contributed by atoms with Gasteiger partial charge in [-0.2, -0.15) is 0 Å². The lowest BCUT2D eigenvalue weighted by atomic mass is 9.85. The number of halogens is 7. The number of hydrogen-bond donors (Lipinski definition) is 0. The Kier molecular flexibility index (Phi) is 6.40. The number of hydrogen-bond acceptors (Lipinski definition) is 2. The van der Waals surface area contributed by atoms with Gasteiger partial charge in [-0.05, 0) is 53.9 Å². The molecule has 0 fully saturated rings. The summed E-state index contributed by atoms with van der Waals surface area (Å²) in [5.41, 5.74) is 1.54. The Morgan fingerprint density at radius 2 is 1.56 bits per heavy atom. The van der Waals surface area contributed by atoms with Crippen molar-refractivity contribution in [2.45, 2.75) is 24.7 Å². The van der Waals surface area contributed by atoms with Gasteiger partial charge in [0.2, 0.25) is 0 Å². The third-order valence-electron chi connectivity index (χ3n) is 5.16. The molecule has 0 saturated heterocycles. The highest BCUT2D eigenvalue weighted by Crippen LogP contribution is 2.46. The van der Waals surface area contributed by atoms with Crippen LogP contribution in [0.15, 0.2) is 74.6 Å². The number of alkyl halides is 3. The standard InChI is InChI=1S/C23H14Br2F5NO/c24-13-6-4-12(5-7-13)22-16(11-20(31-22)21-18(26)2-1-3-19(21)27)15-9-8-14(10-17(15)25)32-23(28,29)30/h1-10,16,22H,11H2. The molecule has 2 unspecified atom stereocenters. The Morgan fingerprint density at radius 3 is 2.16 bits per heavy atom. The molecule has 0 amide bonds. The average molecular weight is 575 g/mol. The molecule has 0 aliphatic carbocycles. The average Bonchev–Trinajstić information content (AvgIpc) is 3.12. The minimum Gasteiger partial charge on any atom is -0.406 e. The molecular formula is C23H14Br2F5NO. The van der Waals surface area contributed by atoms with Gasteiger partial charge in [-0.15, -0.1) is 13.2 Å². The van der Waals surface area contributed by atoms with Gasteiger partial charge >= 0.3 is 6.36 Å². The predicted octanol–water partition coefficient (Wildman–Crippen LogP) is 8.11. The molecule has 0 bridgehead atoms. The molecule has 9 heteroatoms. The van der Waals surface area contributed by atoms with Gasteiger partial charge in [0.05, 0.1) is 11.6 Å². The van der Waals surface area contributed by atoms with E-state index in [9.17, 15) is 22.0 Å². The number of aliphatic imine (C=N–C) groups is 1. The third-order valence-corrected chi connectivity index (χ3v) is 6.37. The molecule has 2 nitrogen and oxygen atoms in total. The number of rotatable bonds is 4. The van der Waals surface area contributed by atoms with Crippen molar-refractivity contribution >= 4 is 37.6 Å². The molecule has 3 aromatic rings. The monoisotopic (exact) mass is 573 g/mol. The fourth-order valence-corrected chi connectivity index (χ4v) is 4.74. The van der Waals surface area contributed by atoms with Crippen LogP contribution in [-0.4, -0.2) is 12.1 Å². The van der Waals surface area contributed by atoms with E-state index in [1.807, 2.05) is 24.3 Å². The van der Waals surface area contributed by atoms with Crippen molar-refractivity contribution in [3.05, 3.63) is 97.9 Å². The fourth-order valence-electron chi connectivity index (χ4n) is 3.82. The van der Waals surface area contributed by atoms with Crippen LogP contribution in [0.4, 0.5) is 22.0 Å². The molecular weight excluding hydrogens is 561 g/mol. The Labute approximate surface area is 197 Å². The van der Waals surface area contributed by atoms with Crippen molar-refractivity contribution in [3.63, 3.8) is 0 Å². The van der Waals surface area contributed by atoms with E-state index in [4.69, 9.17) is 0 Å².